The van der Waals surface area contributed by atoms with Gasteiger partial charge in [0.1, 0.15) is 5.84 Å². The van der Waals surface area contributed by atoms with Gasteiger partial charge in [-0.3, -0.25) is 19.8 Å². The third-order valence-electron chi connectivity index (χ3n) is 6.96. The molecule has 2 atom stereocenters. The smallest absolute Gasteiger partial charge is 0.303 e. The molecule has 3 aromatic carbocycles. The number of amides is 1. The molecule has 0 aliphatic carbocycles. The molecule has 0 fully saturated rings. The molecule has 0 heterocycles. The van der Waals surface area contributed by atoms with Crippen LogP contribution in [0.25, 0.3) is 0 Å². The summed E-state index contributed by atoms with van der Waals surface area (Å²) < 4.78 is 26.3. The van der Waals surface area contributed by atoms with E-state index >= 15 is 0 Å². The van der Waals surface area contributed by atoms with E-state index in [2.05, 4.69) is 5.32 Å². The highest BCUT2D eigenvalue weighted by molar-refractivity contribution is 7.90. The van der Waals surface area contributed by atoms with E-state index in [0.29, 0.717) is 24.0 Å². The number of amidine groups is 1. The van der Waals surface area contributed by atoms with Crippen molar-refractivity contribution in [3.05, 3.63) is 107 Å². The van der Waals surface area contributed by atoms with Gasteiger partial charge in [0.15, 0.2) is 15.6 Å². The van der Waals surface area contributed by atoms with Gasteiger partial charge in [-0.1, -0.05) is 84.9 Å². The maximum atomic E-state index is 13.5. The number of Topliss-reactive ketones (excluding diaryl/α,β-unsaturated/α-hetero) is 1. The van der Waals surface area contributed by atoms with Crippen LogP contribution in [-0.2, 0) is 42.8 Å². The average molecular weight is 592 g/mol. The number of carboxylic acids is 1. The third-order valence-corrected chi connectivity index (χ3v) is 8.64. The molecule has 0 aromatic heterocycles. The predicted octanol–water partition coefficient (Wildman–Crippen LogP) is 3.69. The van der Waals surface area contributed by atoms with Crippen LogP contribution in [-0.4, -0.2) is 48.8 Å². The molecule has 9 nitrogen and oxygen atoms in total. The van der Waals surface area contributed by atoms with E-state index in [0.717, 1.165) is 11.1 Å². The Balaban J connectivity index is 1.74. The maximum Gasteiger partial charge on any atom is 0.303 e. The molecule has 3 rings (SSSR count). The summed E-state index contributed by atoms with van der Waals surface area (Å²) in [7, 11) is -3.68. The molecule has 1 amide bonds. The van der Waals surface area contributed by atoms with Crippen molar-refractivity contribution in [2.75, 3.05) is 5.75 Å². The quantitative estimate of drug-likeness (QED) is 0.137. The maximum absolute atomic E-state index is 13.5. The monoisotopic (exact) mass is 591 g/mol. The minimum Gasteiger partial charge on any atom is -0.481 e. The normalized spacial score (nSPS) is 12.7. The number of carbonyl (C=O) groups excluding carboxylic acids is 2. The summed E-state index contributed by atoms with van der Waals surface area (Å²) in [6, 6.07) is 23.9. The van der Waals surface area contributed by atoms with Crippen LogP contribution in [0.5, 0.6) is 0 Å². The lowest BCUT2D eigenvalue weighted by Crippen LogP contribution is -2.45. The van der Waals surface area contributed by atoms with E-state index in [9.17, 15) is 27.9 Å². The molecule has 0 aliphatic rings. The van der Waals surface area contributed by atoms with Gasteiger partial charge in [-0.25, -0.2) is 8.42 Å². The fourth-order valence-corrected chi connectivity index (χ4v) is 6.38. The number of rotatable bonds is 17. The van der Waals surface area contributed by atoms with E-state index in [1.807, 2.05) is 30.3 Å². The molecule has 0 bridgehead atoms. The molecule has 3 aromatic rings. The Labute approximate surface area is 246 Å². The Kier molecular flexibility index (Phi) is 12.0. The number of aryl methyl sites for hydroxylation is 2. The fraction of sp³-hybridized carbons (Fsp3) is 0.312. The topological polar surface area (TPSA) is 167 Å². The number of benzene rings is 3. The lowest BCUT2D eigenvalue weighted by molar-refractivity contribution is -0.138. The zero-order valence-electron chi connectivity index (χ0n) is 23.4. The van der Waals surface area contributed by atoms with Crippen LogP contribution in [0.15, 0.2) is 84.9 Å². The summed E-state index contributed by atoms with van der Waals surface area (Å²) >= 11 is 0. The average Bonchev–Trinajstić information content (AvgIpc) is 2.96. The van der Waals surface area contributed by atoms with Gasteiger partial charge in [0.05, 0.1) is 23.5 Å². The molecule has 0 saturated carbocycles. The first-order valence-corrected chi connectivity index (χ1v) is 15.6. The SMILES string of the molecule is N=C(N)c1ccc(CCC(=O)[C@H](CCC(=O)O)NC(=O)[C@@H](CCc2ccccc2)CS(=O)(=O)Cc2ccccc2)cc1. The Bertz CT molecular complexity index is 1460. The molecule has 0 unspecified atom stereocenters. The van der Waals surface area contributed by atoms with Gasteiger partial charge in [-0.15, -0.1) is 0 Å². The number of carboxylic acid groups (broad SMARTS) is 1. The van der Waals surface area contributed by atoms with Crippen molar-refractivity contribution in [3.8, 4) is 0 Å². The highest BCUT2D eigenvalue weighted by Crippen LogP contribution is 2.18. The number of aliphatic carboxylic acids is 1. The van der Waals surface area contributed by atoms with Crippen molar-refractivity contribution in [2.45, 2.75) is 50.3 Å². The summed E-state index contributed by atoms with van der Waals surface area (Å²) in [5.41, 5.74) is 8.43. The van der Waals surface area contributed by atoms with Crippen LogP contribution in [0.2, 0.25) is 0 Å². The van der Waals surface area contributed by atoms with Gasteiger partial charge < -0.3 is 16.2 Å². The number of nitrogens with one attached hydrogen (secondary N) is 2. The summed E-state index contributed by atoms with van der Waals surface area (Å²) in [6.07, 6.45) is 0.663. The Morgan fingerprint density at radius 3 is 1.93 bits per heavy atom. The van der Waals surface area contributed by atoms with Gasteiger partial charge in [-0.2, -0.15) is 0 Å². The van der Waals surface area contributed by atoms with Crippen LogP contribution < -0.4 is 11.1 Å². The van der Waals surface area contributed by atoms with Crippen molar-refractivity contribution in [2.24, 2.45) is 11.7 Å². The lowest BCUT2D eigenvalue weighted by atomic mass is 9.97. The van der Waals surface area contributed by atoms with Crippen molar-refractivity contribution in [3.63, 3.8) is 0 Å². The molecule has 0 saturated heterocycles. The van der Waals surface area contributed by atoms with Gasteiger partial charge >= 0.3 is 5.97 Å². The van der Waals surface area contributed by atoms with E-state index in [1.165, 1.54) is 0 Å². The number of sulfone groups is 1. The van der Waals surface area contributed by atoms with Crippen LogP contribution in [0.3, 0.4) is 0 Å². The van der Waals surface area contributed by atoms with Gasteiger partial charge in [0.25, 0.3) is 0 Å². The summed E-state index contributed by atoms with van der Waals surface area (Å²) in [4.78, 5) is 38.0. The minimum atomic E-state index is -3.68. The summed E-state index contributed by atoms with van der Waals surface area (Å²) in [6.45, 7) is 0. The summed E-state index contributed by atoms with van der Waals surface area (Å²) in [5.74, 6) is -3.64. The first kappa shape index (κ1) is 32.2. The van der Waals surface area contributed by atoms with Crippen molar-refractivity contribution < 1.29 is 27.9 Å². The Morgan fingerprint density at radius 1 is 0.786 bits per heavy atom. The Hall–Kier alpha value is -4.31. The van der Waals surface area contributed by atoms with E-state index in [-0.39, 0.29) is 43.1 Å². The first-order chi connectivity index (χ1) is 20.0. The molecule has 10 heteroatoms. The fourth-order valence-electron chi connectivity index (χ4n) is 4.63. The van der Waals surface area contributed by atoms with E-state index < -0.39 is 39.4 Å². The highest BCUT2D eigenvalue weighted by Gasteiger charge is 2.29. The van der Waals surface area contributed by atoms with Crippen molar-refractivity contribution in [1.82, 2.24) is 5.32 Å². The zero-order valence-corrected chi connectivity index (χ0v) is 24.2. The molecule has 42 heavy (non-hydrogen) atoms. The largest absolute Gasteiger partial charge is 0.481 e. The minimum absolute atomic E-state index is 0.0466. The zero-order chi connectivity index (χ0) is 30.5. The van der Waals surface area contributed by atoms with Crippen molar-refractivity contribution >= 4 is 33.3 Å². The number of carbonyl (C=O) groups is 3. The standard InChI is InChI=1S/C32H37N3O6S/c33-31(34)26-15-11-24(12-16-26)14-19-29(36)28(18-20-30(37)38)35-32(39)27(17-13-23-7-3-1-4-8-23)22-42(40,41)21-25-9-5-2-6-10-25/h1-12,15-16,27-28H,13-14,17-22H2,(H3,33,34)(H,35,39)(H,37,38)/t27-,28-/m0/s1. The molecule has 5 N–H and O–H groups in total. The second-order valence-corrected chi connectivity index (χ2v) is 12.4. The third kappa shape index (κ3) is 10.9. The first-order valence-electron chi connectivity index (χ1n) is 13.8. The van der Waals surface area contributed by atoms with Gasteiger partial charge in [-0.05, 0) is 42.4 Å². The number of ketones is 1. The number of hydrogen-bond donors (Lipinski definition) is 4. The van der Waals surface area contributed by atoms with Crippen LogP contribution in [0.1, 0.15) is 47.9 Å². The van der Waals surface area contributed by atoms with Crippen LogP contribution >= 0.6 is 0 Å². The van der Waals surface area contributed by atoms with Gasteiger partial charge in [0, 0.05) is 18.4 Å². The van der Waals surface area contributed by atoms with Gasteiger partial charge in [0.2, 0.25) is 5.91 Å². The van der Waals surface area contributed by atoms with Crippen LogP contribution in [0, 0.1) is 11.3 Å². The van der Waals surface area contributed by atoms with Crippen LogP contribution in [0.4, 0.5) is 0 Å². The second-order valence-electron chi connectivity index (χ2n) is 10.3. The van der Waals surface area contributed by atoms with Crippen molar-refractivity contribution in [1.29, 1.82) is 5.41 Å². The second kappa shape index (κ2) is 15.6. The molecule has 222 valence electrons. The number of nitrogen functional groups attached to an aromatic ring is 1. The Morgan fingerprint density at radius 2 is 1.36 bits per heavy atom. The number of nitrogens with two attached hydrogens (primary N) is 1. The molecular formula is C32H37N3O6S. The number of hydrogen-bond acceptors (Lipinski definition) is 6. The molecule has 0 aliphatic heterocycles. The van der Waals surface area contributed by atoms with E-state index in [4.69, 9.17) is 11.1 Å². The molecule has 0 radical (unpaired) electrons. The predicted molar refractivity (Wildman–Crippen MR) is 162 cm³/mol. The molecule has 0 spiro atoms. The molecular weight excluding hydrogens is 554 g/mol. The highest BCUT2D eigenvalue weighted by atomic mass is 32.2. The van der Waals surface area contributed by atoms with E-state index in [1.54, 1.807) is 54.6 Å². The lowest BCUT2D eigenvalue weighted by Gasteiger charge is -2.22. The summed E-state index contributed by atoms with van der Waals surface area (Å²) in [5, 5.41) is 19.4.